The number of rotatable bonds is 3. The lowest BCUT2D eigenvalue weighted by molar-refractivity contribution is 0.171. The summed E-state index contributed by atoms with van der Waals surface area (Å²) in [7, 11) is 0. The fourth-order valence-electron chi connectivity index (χ4n) is 2.71. The minimum atomic E-state index is 0.612. The number of nitrogens with one attached hydrogen (secondary N) is 1. The van der Waals surface area contributed by atoms with Crippen LogP contribution in [0.1, 0.15) is 11.1 Å². The Labute approximate surface area is 123 Å². The molecule has 0 saturated carbocycles. The van der Waals surface area contributed by atoms with Gasteiger partial charge >= 0.3 is 0 Å². The minimum Gasteiger partial charge on any atom is -0.493 e. The van der Waals surface area contributed by atoms with Crippen molar-refractivity contribution in [2.45, 2.75) is 13.0 Å². The maximum absolute atomic E-state index is 5.60. The zero-order chi connectivity index (χ0) is 14.1. The first-order valence-corrected chi connectivity index (χ1v) is 7.27. The third kappa shape index (κ3) is 2.49. The van der Waals surface area contributed by atoms with E-state index in [2.05, 4.69) is 23.5 Å². The number of hydrogen-bond donors (Lipinski definition) is 1. The van der Waals surface area contributed by atoms with Crippen LogP contribution < -0.4 is 19.5 Å². The number of benzene rings is 2. The molecule has 0 amide bonds. The zero-order valence-electron chi connectivity index (χ0n) is 11.7. The average Bonchev–Trinajstić information content (AvgIpc) is 3.00. The molecule has 4 heteroatoms. The van der Waals surface area contributed by atoms with E-state index in [4.69, 9.17) is 14.2 Å². The van der Waals surface area contributed by atoms with E-state index in [9.17, 15) is 0 Å². The summed E-state index contributed by atoms with van der Waals surface area (Å²) in [6.07, 6.45) is 1.01. The predicted molar refractivity (Wildman–Crippen MR) is 80.4 cm³/mol. The van der Waals surface area contributed by atoms with Gasteiger partial charge in [-0.05, 0) is 29.3 Å². The van der Waals surface area contributed by atoms with E-state index in [0.29, 0.717) is 13.2 Å². The average molecular weight is 283 g/mol. The smallest absolute Gasteiger partial charge is 0.163 e. The molecule has 2 aliphatic rings. The van der Waals surface area contributed by atoms with Crippen molar-refractivity contribution in [3.05, 3.63) is 47.5 Å². The molecule has 0 atom stereocenters. The van der Waals surface area contributed by atoms with Gasteiger partial charge in [-0.15, -0.1) is 0 Å². The Hall–Kier alpha value is -2.36. The molecular formula is C17H17NO3. The van der Waals surface area contributed by atoms with Crippen molar-refractivity contribution in [3.8, 4) is 17.2 Å². The Kier molecular flexibility index (Phi) is 3.07. The maximum atomic E-state index is 5.60. The second kappa shape index (κ2) is 5.20. The van der Waals surface area contributed by atoms with E-state index < -0.39 is 0 Å². The molecule has 0 spiro atoms. The molecule has 108 valence electrons. The quantitative estimate of drug-likeness (QED) is 0.940. The monoisotopic (exact) mass is 283 g/mol. The number of hydrogen-bond acceptors (Lipinski definition) is 4. The van der Waals surface area contributed by atoms with Crippen LogP contribution in [0.3, 0.4) is 0 Å². The number of anilines is 1. The molecule has 21 heavy (non-hydrogen) atoms. The zero-order valence-corrected chi connectivity index (χ0v) is 11.7. The molecule has 0 radical (unpaired) electrons. The summed E-state index contributed by atoms with van der Waals surface area (Å²) in [5.74, 6) is 2.66. The van der Waals surface area contributed by atoms with E-state index >= 15 is 0 Å². The first-order chi connectivity index (χ1) is 10.4. The maximum Gasteiger partial charge on any atom is 0.163 e. The Morgan fingerprint density at radius 1 is 0.810 bits per heavy atom. The summed E-state index contributed by atoms with van der Waals surface area (Å²) in [6, 6.07) is 12.3. The van der Waals surface area contributed by atoms with E-state index in [1.807, 2.05) is 18.2 Å². The SMILES string of the molecule is c1cc2c(cc1CNc1ccc3c(c1)OCCO3)CCO2. The van der Waals surface area contributed by atoms with Gasteiger partial charge in [0.25, 0.3) is 0 Å². The van der Waals surface area contributed by atoms with E-state index in [-0.39, 0.29) is 0 Å². The fourth-order valence-corrected chi connectivity index (χ4v) is 2.71. The molecule has 2 aliphatic heterocycles. The van der Waals surface area contributed by atoms with Gasteiger partial charge in [-0.25, -0.2) is 0 Å². The lowest BCUT2D eigenvalue weighted by Crippen LogP contribution is -2.15. The Balaban J connectivity index is 1.47. The summed E-state index contributed by atoms with van der Waals surface area (Å²) < 4.78 is 16.6. The van der Waals surface area contributed by atoms with Crippen LogP contribution in [-0.4, -0.2) is 19.8 Å². The third-order valence-electron chi connectivity index (χ3n) is 3.79. The molecule has 1 N–H and O–H groups in total. The van der Waals surface area contributed by atoms with Crippen molar-refractivity contribution in [2.24, 2.45) is 0 Å². The van der Waals surface area contributed by atoms with Crippen LogP contribution >= 0.6 is 0 Å². The number of ether oxygens (including phenoxy) is 3. The van der Waals surface area contributed by atoms with Gasteiger partial charge in [0.1, 0.15) is 19.0 Å². The van der Waals surface area contributed by atoms with Crippen molar-refractivity contribution in [3.63, 3.8) is 0 Å². The molecule has 0 fully saturated rings. The lowest BCUT2D eigenvalue weighted by atomic mass is 10.1. The van der Waals surface area contributed by atoms with Gasteiger partial charge in [-0.2, -0.15) is 0 Å². The van der Waals surface area contributed by atoms with E-state index in [0.717, 1.165) is 42.5 Å². The topological polar surface area (TPSA) is 39.7 Å². The Morgan fingerprint density at radius 2 is 1.62 bits per heavy atom. The lowest BCUT2D eigenvalue weighted by Gasteiger charge is -2.19. The number of fused-ring (bicyclic) bond motifs is 2. The second-order valence-electron chi connectivity index (χ2n) is 5.25. The summed E-state index contributed by atoms with van der Waals surface area (Å²) in [6.45, 7) is 2.82. The largest absolute Gasteiger partial charge is 0.493 e. The summed E-state index contributed by atoms with van der Waals surface area (Å²) in [4.78, 5) is 0. The summed E-state index contributed by atoms with van der Waals surface area (Å²) in [5.41, 5.74) is 3.60. The van der Waals surface area contributed by atoms with Gasteiger partial charge in [0.05, 0.1) is 6.61 Å². The van der Waals surface area contributed by atoms with Gasteiger partial charge in [-0.3, -0.25) is 0 Å². The standard InChI is InChI=1S/C17H17NO3/c1-3-15-13(5-6-19-15)9-12(1)11-18-14-2-4-16-17(10-14)21-8-7-20-16/h1-4,9-10,18H,5-8,11H2. The third-order valence-corrected chi connectivity index (χ3v) is 3.79. The molecule has 0 bridgehead atoms. The molecule has 0 aliphatic carbocycles. The van der Waals surface area contributed by atoms with Crippen molar-refractivity contribution in [2.75, 3.05) is 25.1 Å². The van der Waals surface area contributed by atoms with Crippen LogP contribution in [0.4, 0.5) is 5.69 Å². The molecule has 4 nitrogen and oxygen atoms in total. The first kappa shape index (κ1) is 12.4. The van der Waals surface area contributed by atoms with E-state index in [1.165, 1.54) is 11.1 Å². The van der Waals surface area contributed by atoms with Gasteiger partial charge in [0, 0.05) is 24.7 Å². The van der Waals surface area contributed by atoms with Gasteiger partial charge in [-0.1, -0.05) is 12.1 Å². The van der Waals surface area contributed by atoms with Crippen LogP contribution in [0.25, 0.3) is 0 Å². The van der Waals surface area contributed by atoms with Crippen molar-refractivity contribution in [1.29, 1.82) is 0 Å². The van der Waals surface area contributed by atoms with Crippen LogP contribution in [0.2, 0.25) is 0 Å². The summed E-state index contributed by atoms with van der Waals surface area (Å²) >= 11 is 0. The van der Waals surface area contributed by atoms with Crippen LogP contribution in [0.5, 0.6) is 17.2 Å². The van der Waals surface area contributed by atoms with Crippen LogP contribution in [0.15, 0.2) is 36.4 Å². The normalized spacial score (nSPS) is 15.2. The molecule has 2 aromatic carbocycles. The van der Waals surface area contributed by atoms with Crippen molar-refractivity contribution < 1.29 is 14.2 Å². The second-order valence-corrected chi connectivity index (χ2v) is 5.25. The Morgan fingerprint density at radius 3 is 2.57 bits per heavy atom. The molecule has 0 unspecified atom stereocenters. The van der Waals surface area contributed by atoms with Crippen molar-refractivity contribution in [1.82, 2.24) is 0 Å². The highest BCUT2D eigenvalue weighted by Gasteiger charge is 2.13. The van der Waals surface area contributed by atoms with E-state index in [1.54, 1.807) is 0 Å². The molecule has 2 aromatic rings. The molecular weight excluding hydrogens is 266 g/mol. The molecule has 4 rings (SSSR count). The highest BCUT2D eigenvalue weighted by Crippen LogP contribution is 2.33. The first-order valence-electron chi connectivity index (χ1n) is 7.27. The fraction of sp³-hybridized carbons (Fsp3) is 0.294. The molecule has 0 saturated heterocycles. The van der Waals surface area contributed by atoms with Crippen molar-refractivity contribution >= 4 is 5.69 Å². The highest BCUT2D eigenvalue weighted by molar-refractivity contribution is 5.55. The molecule has 0 aromatic heterocycles. The Bertz CT molecular complexity index is 669. The van der Waals surface area contributed by atoms with Gasteiger partial charge in [0.15, 0.2) is 11.5 Å². The highest BCUT2D eigenvalue weighted by atomic mass is 16.6. The summed E-state index contributed by atoms with van der Waals surface area (Å²) in [5, 5.41) is 3.43. The van der Waals surface area contributed by atoms with Gasteiger partial charge < -0.3 is 19.5 Å². The molecule has 2 heterocycles. The predicted octanol–water partition coefficient (Wildman–Crippen LogP) is 3.00. The van der Waals surface area contributed by atoms with Crippen LogP contribution in [0, 0.1) is 0 Å². The minimum absolute atomic E-state index is 0.612. The van der Waals surface area contributed by atoms with Crippen LogP contribution in [-0.2, 0) is 13.0 Å². The van der Waals surface area contributed by atoms with Gasteiger partial charge in [0.2, 0.25) is 0 Å².